The third-order valence-electron chi connectivity index (χ3n) is 3.62. The SMILES string of the molecule is CCOc1ccc(C2CCC(C=C(F)CF)OC2)c(F)c1F. The normalized spacial score (nSPS) is 22.7. The van der Waals surface area contributed by atoms with Crippen molar-refractivity contribution in [2.24, 2.45) is 0 Å². The molecule has 122 valence electrons. The molecule has 1 heterocycles. The highest BCUT2D eigenvalue weighted by Crippen LogP contribution is 2.33. The molecule has 2 rings (SSSR count). The molecule has 0 bridgehead atoms. The van der Waals surface area contributed by atoms with Crippen molar-refractivity contribution >= 4 is 0 Å². The van der Waals surface area contributed by atoms with Gasteiger partial charge in [-0.1, -0.05) is 6.07 Å². The third kappa shape index (κ3) is 3.80. The molecule has 1 saturated heterocycles. The van der Waals surface area contributed by atoms with Gasteiger partial charge in [0.05, 0.1) is 19.3 Å². The first-order valence-corrected chi connectivity index (χ1v) is 7.21. The van der Waals surface area contributed by atoms with Gasteiger partial charge in [-0.2, -0.15) is 4.39 Å². The number of hydrogen-bond acceptors (Lipinski definition) is 2. The molecule has 1 aromatic rings. The van der Waals surface area contributed by atoms with Gasteiger partial charge in [0.15, 0.2) is 11.6 Å². The van der Waals surface area contributed by atoms with Crippen LogP contribution >= 0.6 is 0 Å². The summed E-state index contributed by atoms with van der Waals surface area (Å²) in [5.74, 6) is -3.26. The lowest BCUT2D eigenvalue weighted by Crippen LogP contribution is -2.24. The van der Waals surface area contributed by atoms with Crippen LogP contribution in [-0.4, -0.2) is 26.0 Å². The Hall–Kier alpha value is -1.56. The Bertz CT molecular complexity index is 537. The van der Waals surface area contributed by atoms with E-state index in [4.69, 9.17) is 9.47 Å². The second-order valence-electron chi connectivity index (χ2n) is 5.11. The van der Waals surface area contributed by atoms with Gasteiger partial charge in [-0.05, 0) is 37.5 Å². The molecule has 1 fully saturated rings. The number of allylic oxidation sites excluding steroid dienone is 1. The van der Waals surface area contributed by atoms with Gasteiger partial charge in [0.2, 0.25) is 5.82 Å². The Morgan fingerprint density at radius 3 is 2.68 bits per heavy atom. The first kappa shape index (κ1) is 16.8. The van der Waals surface area contributed by atoms with Crippen molar-refractivity contribution in [3.63, 3.8) is 0 Å². The summed E-state index contributed by atoms with van der Waals surface area (Å²) in [5.41, 5.74) is 0.217. The Morgan fingerprint density at radius 2 is 2.09 bits per heavy atom. The zero-order valence-corrected chi connectivity index (χ0v) is 12.3. The van der Waals surface area contributed by atoms with Crippen LogP contribution < -0.4 is 4.74 Å². The monoisotopic (exact) mass is 318 g/mol. The predicted molar refractivity (Wildman–Crippen MR) is 74.4 cm³/mol. The number of benzene rings is 1. The van der Waals surface area contributed by atoms with E-state index < -0.39 is 30.2 Å². The first-order valence-electron chi connectivity index (χ1n) is 7.21. The standard InChI is InChI=1S/C16H18F4O2/c1-2-21-14-6-5-13(15(19)16(14)20)10-3-4-12(22-9-10)7-11(18)8-17/h5-7,10,12H,2-4,8-9H2,1H3. The van der Waals surface area contributed by atoms with Crippen LogP contribution in [0.5, 0.6) is 5.75 Å². The van der Waals surface area contributed by atoms with Crippen molar-refractivity contribution in [3.05, 3.63) is 41.2 Å². The minimum atomic E-state index is -1.16. The topological polar surface area (TPSA) is 18.5 Å². The van der Waals surface area contributed by atoms with Crippen LogP contribution in [0.4, 0.5) is 17.6 Å². The molecule has 6 heteroatoms. The molecule has 0 aromatic heterocycles. The van der Waals surface area contributed by atoms with E-state index in [1.54, 1.807) is 6.92 Å². The van der Waals surface area contributed by atoms with Gasteiger partial charge in [0.25, 0.3) is 0 Å². The molecule has 1 aliphatic rings. The highest BCUT2D eigenvalue weighted by Gasteiger charge is 2.26. The van der Waals surface area contributed by atoms with Gasteiger partial charge in [-0.15, -0.1) is 0 Å². The van der Waals surface area contributed by atoms with Gasteiger partial charge in [-0.3, -0.25) is 0 Å². The van der Waals surface area contributed by atoms with Gasteiger partial charge in [-0.25, -0.2) is 13.2 Å². The summed E-state index contributed by atoms with van der Waals surface area (Å²) >= 11 is 0. The Labute approximate surface area is 126 Å². The molecule has 1 aliphatic heterocycles. The molecule has 0 radical (unpaired) electrons. The van der Waals surface area contributed by atoms with Crippen LogP contribution in [-0.2, 0) is 4.74 Å². The molecule has 0 saturated carbocycles. The third-order valence-corrected chi connectivity index (χ3v) is 3.62. The number of hydrogen-bond donors (Lipinski definition) is 0. The van der Waals surface area contributed by atoms with Crippen LogP contribution in [0.2, 0.25) is 0 Å². The van der Waals surface area contributed by atoms with E-state index in [0.717, 1.165) is 6.08 Å². The van der Waals surface area contributed by atoms with Crippen LogP contribution in [0.1, 0.15) is 31.2 Å². The summed E-state index contributed by atoms with van der Waals surface area (Å²) in [5, 5.41) is 0. The summed E-state index contributed by atoms with van der Waals surface area (Å²) in [7, 11) is 0. The van der Waals surface area contributed by atoms with E-state index in [1.807, 2.05) is 0 Å². The number of halogens is 4. The molecular weight excluding hydrogens is 300 g/mol. The molecular formula is C16H18F4O2. The second kappa shape index (κ2) is 7.63. The summed E-state index contributed by atoms with van der Waals surface area (Å²) in [6.45, 7) is 0.897. The zero-order chi connectivity index (χ0) is 16.1. The largest absolute Gasteiger partial charge is 0.491 e. The molecule has 22 heavy (non-hydrogen) atoms. The molecule has 0 N–H and O–H groups in total. The molecule has 0 spiro atoms. The minimum absolute atomic E-state index is 0.119. The maximum absolute atomic E-state index is 14.1. The highest BCUT2D eigenvalue weighted by atomic mass is 19.2. The van der Waals surface area contributed by atoms with Gasteiger partial charge in [0, 0.05) is 5.92 Å². The molecule has 2 atom stereocenters. The lowest BCUT2D eigenvalue weighted by atomic mass is 9.90. The predicted octanol–water partition coefficient (Wildman–Crippen LogP) is 4.45. The lowest BCUT2D eigenvalue weighted by Gasteiger charge is -2.28. The average molecular weight is 318 g/mol. The molecule has 0 amide bonds. The molecule has 0 aliphatic carbocycles. The number of rotatable bonds is 5. The van der Waals surface area contributed by atoms with Crippen LogP contribution in [0, 0.1) is 11.6 Å². The number of ether oxygens (including phenoxy) is 2. The maximum atomic E-state index is 14.1. The molecule has 2 unspecified atom stereocenters. The van der Waals surface area contributed by atoms with E-state index in [9.17, 15) is 17.6 Å². The van der Waals surface area contributed by atoms with E-state index >= 15 is 0 Å². The second-order valence-corrected chi connectivity index (χ2v) is 5.11. The maximum Gasteiger partial charge on any atom is 0.200 e. The van der Waals surface area contributed by atoms with Gasteiger partial charge >= 0.3 is 0 Å². The van der Waals surface area contributed by atoms with E-state index in [-0.39, 0.29) is 30.4 Å². The molecule has 1 aromatic carbocycles. The Kier molecular flexibility index (Phi) is 5.83. The van der Waals surface area contributed by atoms with Crippen LogP contribution in [0.15, 0.2) is 24.0 Å². The van der Waals surface area contributed by atoms with E-state index in [0.29, 0.717) is 12.8 Å². The summed E-state index contributed by atoms with van der Waals surface area (Å²) in [6.07, 6.45) is 1.49. The minimum Gasteiger partial charge on any atom is -0.491 e. The lowest BCUT2D eigenvalue weighted by molar-refractivity contribution is 0.0304. The zero-order valence-electron chi connectivity index (χ0n) is 12.3. The fraction of sp³-hybridized carbons (Fsp3) is 0.500. The van der Waals surface area contributed by atoms with Crippen molar-refractivity contribution in [1.29, 1.82) is 0 Å². The fourth-order valence-electron chi connectivity index (χ4n) is 2.52. The van der Waals surface area contributed by atoms with Crippen LogP contribution in [0.25, 0.3) is 0 Å². The van der Waals surface area contributed by atoms with Crippen molar-refractivity contribution in [2.45, 2.75) is 31.8 Å². The summed E-state index contributed by atoms with van der Waals surface area (Å²) in [6, 6.07) is 2.88. The molecule has 2 nitrogen and oxygen atoms in total. The average Bonchev–Trinajstić information content (AvgIpc) is 2.53. The van der Waals surface area contributed by atoms with Gasteiger partial charge < -0.3 is 9.47 Å². The van der Waals surface area contributed by atoms with Crippen molar-refractivity contribution in [3.8, 4) is 5.75 Å². The van der Waals surface area contributed by atoms with Gasteiger partial charge in [0.1, 0.15) is 12.5 Å². The van der Waals surface area contributed by atoms with Crippen molar-refractivity contribution in [2.75, 3.05) is 19.9 Å². The van der Waals surface area contributed by atoms with E-state index in [2.05, 4.69) is 0 Å². The van der Waals surface area contributed by atoms with E-state index in [1.165, 1.54) is 12.1 Å². The van der Waals surface area contributed by atoms with Crippen molar-refractivity contribution < 1.29 is 27.0 Å². The van der Waals surface area contributed by atoms with Crippen LogP contribution in [0.3, 0.4) is 0 Å². The first-order chi connectivity index (χ1) is 10.6. The summed E-state index contributed by atoms with van der Waals surface area (Å²) < 4.78 is 63.3. The fourth-order valence-corrected chi connectivity index (χ4v) is 2.52. The van der Waals surface area contributed by atoms with Crippen molar-refractivity contribution in [1.82, 2.24) is 0 Å². The summed E-state index contributed by atoms with van der Waals surface area (Å²) in [4.78, 5) is 0. The number of alkyl halides is 1. The highest BCUT2D eigenvalue weighted by molar-refractivity contribution is 5.33. The Morgan fingerprint density at radius 1 is 1.32 bits per heavy atom. The quantitative estimate of drug-likeness (QED) is 0.747. The Balaban J connectivity index is 2.07. The smallest absolute Gasteiger partial charge is 0.200 e.